The zero-order valence-corrected chi connectivity index (χ0v) is 17.3. The molecule has 0 spiro atoms. The number of aromatic nitrogens is 2. The second-order valence-corrected chi connectivity index (χ2v) is 6.94. The molecule has 1 aromatic heterocycles. The van der Waals surface area contributed by atoms with Gasteiger partial charge in [0.05, 0.1) is 0 Å². The smallest absolute Gasteiger partial charge is 0.356 e. The zero-order valence-electron chi connectivity index (χ0n) is 17.3. The number of hydrogen-bond donors (Lipinski definition) is 3. The lowest BCUT2D eigenvalue weighted by Crippen LogP contribution is -2.49. The SMILES string of the molecule is CN/C=C(\C=C/N)Oc1cccc(CN2CCN(C(=O)n3ccc(C(=O)O)n3)CC2)c1. The van der Waals surface area contributed by atoms with Crippen molar-refractivity contribution in [2.24, 2.45) is 5.73 Å². The highest BCUT2D eigenvalue weighted by Gasteiger charge is 2.23. The van der Waals surface area contributed by atoms with Crippen LogP contribution in [-0.2, 0) is 6.54 Å². The fourth-order valence-corrected chi connectivity index (χ4v) is 3.24. The molecule has 1 amide bonds. The molecule has 0 saturated carbocycles. The molecule has 1 aliphatic heterocycles. The predicted octanol–water partition coefficient (Wildman–Crippen LogP) is 1.28. The Balaban J connectivity index is 1.55. The van der Waals surface area contributed by atoms with Gasteiger partial charge >= 0.3 is 12.0 Å². The van der Waals surface area contributed by atoms with Gasteiger partial charge in [-0.25, -0.2) is 9.59 Å². The quantitative estimate of drug-likeness (QED) is 0.447. The largest absolute Gasteiger partial charge is 0.476 e. The molecule has 31 heavy (non-hydrogen) atoms. The van der Waals surface area contributed by atoms with Crippen molar-refractivity contribution in [3.05, 3.63) is 72.0 Å². The molecule has 0 aliphatic carbocycles. The number of aromatic carboxylic acids is 1. The fourth-order valence-electron chi connectivity index (χ4n) is 3.24. The van der Waals surface area contributed by atoms with Crippen LogP contribution in [0.1, 0.15) is 16.1 Å². The lowest BCUT2D eigenvalue weighted by Gasteiger charge is -2.34. The van der Waals surface area contributed by atoms with Crippen LogP contribution in [0.2, 0.25) is 0 Å². The van der Waals surface area contributed by atoms with Crippen LogP contribution in [0.5, 0.6) is 5.75 Å². The van der Waals surface area contributed by atoms with Crippen molar-refractivity contribution in [2.45, 2.75) is 6.54 Å². The van der Waals surface area contributed by atoms with Crippen LogP contribution in [0.15, 0.2) is 60.8 Å². The first-order chi connectivity index (χ1) is 15.0. The molecule has 1 aliphatic rings. The third kappa shape index (κ3) is 5.86. The van der Waals surface area contributed by atoms with E-state index in [1.165, 1.54) is 18.5 Å². The third-order valence-electron chi connectivity index (χ3n) is 4.73. The predicted molar refractivity (Wildman–Crippen MR) is 114 cm³/mol. The second-order valence-electron chi connectivity index (χ2n) is 6.94. The van der Waals surface area contributed by atoms with Gasteiger partial charge in [0.1, 0.15) is 11.5 Å². The lowest BCUT2D eigenvalue weighted by molar-refractivity contribution is 0.0689. The highest BCUT2D eigenvalue weighted by atomic mass is 16.5. The van der Waals surface area contributed by atoms with E-state index >= 15 is 0 Å². The van der Waals surface area contributed by atoms with Gasteiger partial charge in [0.15, 0.2) is 5.69 Å². The molecule has 0 unspecified atom stereocenters. The van der Waals surface area contributed by atoms with Gasteiger partial charge in [-0.3, -0.25) is 4.90 Å². The van der Waals surface area contributed by atoms with Crippen molar-refractivity contribution in [1.82, 2.24) is 24.9 Å². The average molecular weight is 426 g/mol. The van der Waals surface area contributed by atoms with E-state index in [0.29, 0.717) is 37.7 Å². The fraction of sp³-hybridized carbons (Fsp3) is 0.286. The minimum atomic E-state index is -1.16. The average Bonchev–Trinajstić information content (AvgIpc) is 3.25. The maximum Gasteiger partial charge on any atom is 0.356 e. The molecule has 0 atom stereocenters. The van der Waals surface area contributed by atoms with E-state index in [0.717, 1.165) is 16.8 Å². The van der Waals surface area contributed by atoms with Crippen molar-refractivity contribution in [1.29, 1.82) is 0 Å². The van der Waals surface area contributed by atoms with Gasteiger partial charge in [-0.1, -0.05) is 12.1 Å². The summed E-state index contributed by atoms with van der Waals surface area (Å²) >= 11 is 0. The Morgan fingerprint density at radius 1 is 1.26 bits per heavy atom. The van der Waals surface area contributed by atoms with E-state index in [9.17, 15) is 9.59 Å². The maximum absolute atomic E-state index is 12.5. The number of ether oxygens (including phenoxy) is 1. The minimum Gasteiger partial charge on any atom is -0.476 e. The summed E-state index contributed by atoms with van der Waals surface area (Å²) in [5, 5.41) is 15.7. The summed E-state index contributed by atoms with van der Waals surface area (Å²) in [5.41, 5.74) is 6.40. The number of carbonyl (C=O) groups excluding carboxylic acids is 1. The van der Waals surface area contributed by atoms with E-state index in [-0.39, 0.29) is 11.7 Å². The number of nitrogens with zero attached hydrogens (tertiary/aromatic N) is 4. The molecular weight excluding hydrogens is 400 g/mol. The van der Waals surface area contributed by atoms with E-state index in [2.05, 4.69) is 15.3 Å². The molecule has 3 rings (SSSR count). The number of rotatable bonds is 7. The number of piperazine rings is 1. The Kier molecular flexibility index (Phi) is 7.28. The molecule has 2 heterocycles. The Morgan fingerprint density at radius 3 is 2.68 bits per heavy atom. The standard InChI is InChI=1S/C21H26N6O4/c1-23-14-18(5-7-22)31-17-4-2-3-16(13-17)15-25-9-11-26(12-10-25)21(30)27-8-6-19(24-27)20(28)29/h2-8,13-14,23H,9-12,15,22H2,1H3,(H,28,29)/b7-5-,18-14+. The molecule has 2 aromatic rings. The van der Waals surface area contributed by atoms with Gasteiger partial charge < -0.3 is 25.8 Å². The van der Waals surface area contributed by atoms with Gasteiger partial charge in [-0.2, -0.15) is 9.78 Å². The van der Waals surface area contributed by atoms with Crippen molar-refractivity contribution >= 4 is 12.0 Å². The van der Waals surface area contributed by atoms with Crippen molar-refractivity contribution in [3.63, 3.8) is 0 Å². The highest BCUT2D eigenvalue weighted by molar-refractivity contribution is 5.86. The van der Waals surface area contributed by atoms with Crippen LogP contribution in [0, 0.1) is 0 Å². The summed E-state index contributed by atoms with van der Waals surface area (Å²) in [6, 6.07) is 8.81. The molecule has 164 valence electrons. The number of amides is 1. The number of nitrogens with two attached hydrogens (primary N) is 1. The number of allylic oxidation sites excluding steroid dienone is 1. The van der Waals surface area contributed by atoms with Crippen LogP contribution in [0.3, 0.4) is 0 Å². The van der Waals surface area contributed by atoms with Gasteiger partial charge in [0, 0.05) is 52.2 Å². The van der Waals surface area contributed by atoms with Crippen LogP contribution >= 0.6 is 0 Å². The summed E-state index contributed by atoms with van der Waals surface area (Å²) in [6.07, 6.45) is 6.17. The molecule has 1 saturated heterocycles. The number of carboxylic acid groups (broad SMARTS) is 1. The topological polar surface area (TPSA) is 126 Å². The Morgan fingerprint density at radius 2 is 2.03 bits per heavy atom. The van der Waals surface area contributed by atoms with Crippen molar-refractivity contribution in [2.75, 3.05) is 33.2 Å². The van der Waals surface area contributed by atoms with Crippen LogP contribution < -0.4 is 15.8 Å². The molecule has 1 aromatic carbocycles. The molecule has 1 fully saturated rings. The zero-order chi connectivity index (χ0) is 22.2. The Hall–Kier alpha value is -3.79. The first kappa shape index (κ1) is 21.9. The lowest BCUT2D eigenvalue weighted by atomic mass is 10.2. The maximum atomic E-state index is 12.5. The van der Waals surface area contributed by atoms with Crippen LogP contribution in [0.25, 0.3) is 0 Å². The number of benzene rings is 1. The van der Waals surface area contributed by atoms with Gasteiger partial charge in [-0.15, -0.1) is 0 Å². The highest BCUT2D eigenvalue weighted by Crippen LogP contribution is 2.18. The second kappa shape index (κ2) is 10.3. The summed E-state index contributed by atoms with van der Waals surface area (Å²) in [6.45, 7) is 3.19. The number of carboxylic acids is 1. The van der Waals surface area contributed by atoms with Gasteiger partial charge in [0.25, 0.3) is 0 Å². The molecule has 0 bridgehead atoms. The van der Waals surface area contributed by atoms with Gasteiger partial charge in [-0.05, 0) is 36.0 Å². The summed E-state index contributed by atoms with van der Waals surface area (Å²) in [4.78, 5) is 27.4. The third-order valence-corrected chi connectivity index (χ3v) is 4.73. The molecule has 10 heteroatoms. The molecule has 0 radical (unpaired) electrons. The summed E-state index contributed by atoms with van der Waals surface area (Å²) < 4.78 is 6.93. The Bertz CT molecular complexity index is 976. The number of nitrogens with one attached hydrogen (secondary N) is 1. The van der Waals surface area contributed by atoms with E-state index in [1.807, 2.05) is 24.3 Å². The molecular formula is C21H26N6O4. The van der Waals surface area contributed by atoms with E-state index in [4.69, 9.17) is 15.6 Å². The number of carbonyl (C=O) groups is 2. The van der Waals surface area contributed by atoms with Gasteiger partial charge in [0.2, 0.25) is 0 Å². The molecule has 10 nitrogen and oxygen atoms in total. The van der Waals surface area contributed by atoms with E-state index < -0.39 is 5.97 Å². The van der Waals surface area contributed by atoms with E-state index in [1.54, 1.807) is 24.2 Å². The van der Waals surface area contributed by atoms with Crippen LogP contribution in [-0.4, -0.2) is 69.9 Å². The summed E-state index contributed by atoms with van der Waals surface area (Å²) in [7, 11) is 1.78. The Labute approximate surface area is 180 Å². The first-order valence-corrected chi connectivity index (χ1v) is 9.83. The first-order valence-electron chi connectivity index (χ1n) is 9.83. The van der Waals surface area contributed by atoms with Crippen molar-refractivity contribution < 1.29 is 19.4 Å². The van der Waals surface area contributed by atoms with Crippen molar-refractivity contribution in [3.8, 4) is 5.75 Å². The number of hydrogen-bond acceptors (Lipinski definition) is 7. The molecule has 4 N–H and O–H groups in total. The summed E-state index contributed by atoms with van der Waals surface area (Å²) in [5.74, 6) is 0.146. The normalized spacial score (nSPS) is 15.3. The monoisotopic (exact) mass is 426 g/mol. The minimum absolute atomic E-state index is 0.149. The van der Waals surface area contributed by atoms with Crippen LogP contribution in [0.4, 0.5) is 4.79 Å².